The van der Waals surface area contributed by atoms with Crippen LogP contribution in [0.5, 0.6) is 0 Å². The molecular formula is C24H14N4O8. The highest BCUT2D eigenvalue weighted by molar-refractivity contribution is 6.18. The number of aromatic nitrogens is 4. The fourth-order valence-electron chi connectivity index (χ4n) is 4.13. The van der Waals surface area contributed by atoms with Gasteiger partial charge >= 0.3 is 24.0 Å². The van der Waals surface area contributed by atoms with Crippen molar-refractivity contribution < 1.29 is 39.6 Å². The van der Waals surface area contributed by atoms with Crippen LogP contribution in [-0.4, -0.2) is 63.9 Å². The highest BCUT2D eigenvalue weighted by atomic mass is 16.4. The summed E-state index contributed by atoms with van der Waals surface area (Å²) in [4.78, 5) is 60.8. The molecule has 2 aliphatic heterocycles. The number of nitrogens with zero attached hydrogens (tertiary/aromatic N) is 3. The number of hydrogen-bond acceptors (Lipinski definition) is 6. The largest absolute Gasteiger partial charge is 0.478 e. The molecule has 178 valence electrons. The third kappa shape index (κ3) is 3.58. The Morgan fingerprint density at radius 1 is 0.667 bits per heavy atom. The minimum Gasteiger partial charge on any atom is -0.478 e. The van der Waals surface area contributed by atoms with Gasteiger partial charge in [-0.2, -0.15) is 0 Å². The number of fused-ring (bicyclic) bond motifs is 8. The summed E-state index contributed by atoms with van der Waals surface area (Å²) in [5, 5.41) is 39.8. The van der Waals surface area contributed by atoms with E-state index in [-0.39, 0.29) is 11.4 Å². The van der Waals surface area contributed by atoms with Crippen LogP contribution in [0.1, 0.15) is 53.8 Å². The molecule has 0 fully saturated rings. The molecule has 0 radical (unpaired) electrons. The molecule has 0 saturated carbocycles. The molecule has 0 unspecified atom stereocenters. The van der Waals surface area contributed by atoms with E-state index in [0.29, 0.717) is 27.0 Å². The summed E-state index contributed by atoms with van der Waals surface area (Å²) in [6, 6.07) is 7.92. The van der Waals surface area contributed by atoms with Crippen LogP contribution in [0.4, 0.5) is 4.79 Å². The molecule has 5 N–H and O–H groups in total. The number of nitrogens with one attached hydrogen (secondary N) is 1. The van der Waals surface area contributed by atoms with Crippen molar-refractivity contribution in [3.05, 3.63) is 69.8 Å². The first-order valence-corrected chi connectivity index (χ1v) is 10.2. The Bertz CT molecular complexity index is 1760. The predicted molar refractivity (Wildman–Crippen MR) is 127 cm³/mol. The van der Waals surface area contributed by atoms with Gasteiger partial charge in [0.05, 0.1) is 33.8 Å². The second-order valence-electron chi connectivity index (χ2n) is 7.74. The molecule has 12 nitrogen and oxygen atoms in total. The Morgan fingerprint density at radius 2 is 1.19 bits per heavy atom. The standard InChI is InChI=1S/C24H14N4O8/c29-21(30)17-15-6-5-13(27-15)8-12-2-1-10(25-12)7-11-3-4-14(26-11)9-16-18(22(31)32)19(23(33)34)20(17)28(16)24(35)36/h1-9,25H,(H,29,30)(H,31,32)(H,33,34)(H,35,36). The number of carboxylic acid groups (broad SMARTS) is 4. The Kier molecular flexibility index (Phi) is 4.99. The maximum absolute atomic E-state index is 12.4. The molecule has 0 spiro atoms. The second-order valence-corrected chi connectivity index (χ2v) is 7.74. The van der Waals surface area contributed by atoms with E-state index in [9.17, 15) is 39.6 Å². The van der Waals surface area contributed by atoms with Gasteiger partial charge in [0.1, 0.15) is 16.7 Å². The monoisotopic (exact) mass is 486 g/mol. The fraction of sp³-hybridized carbons (Fsp3) is 0. The molecule has 0 aliphatic carbocycles. The molecular weight excluding hydrogens is 472 g/mol. The van der Waals surface area contributed by atoms with Gasteiger partial charge in [0, 0.05) is 11.0 Å². The Morgan fingerprint density at radius 3 is 1.75 bits per heavy atom. The van der Waals surface area contributed by atoms with E-state index in [1.54, 1.807) is 30.3 Å². The van der Waals surface area contributed by atoms with Crippen molar-refractivity contribution in [2.24, 2.45) is 0 Å². The second kappa shape index (κ2) is 8.06. The van der Waals surface area contributed by atoms with Crippen LogP contribution in [0.25, 0.3) is 46.4 Å². The lowest BCUT2D eigenvalue weighted by Gasteiger charge is -2.04. The molecule has 5 heterocycles. The minimum atomic E-state index is -1.82. The number of rotatable bonds is 3. The van der Waals surface area contributed by atoms with E-state index in [2.05, 4.69) is 15.0 Å². The number of carboxylic acids is 3. The van der Waals surface area contributed by atoms with Gasteiger partial charge < -0.3 is 25.4 Å². The van der Waals surface area contributed by atoms with Crippen LogP contribution in [0.15, 0.2) is 30.3 Å². The first kappa shape index (κ1) is 22.3. The first-order valence-electron chi connectivity index (χ1n) is 10.2. The van der Waals surface area contributed by atoms with E-state index in [1.807, 2.05) is 0 Å². The molecule has 3 aromatic heterocycles. The van der Waals surface area contributed by atoms with Crippen molar-refractivity contribution in [2.45, 2.75) is 0 Å². The van der Waals surface area contributed by atoms with Crippen molar-refractivity contribution in [3.63, 3.8) is 0 Å². The zero-order valence-electron chi connectivity index (χ0n) is 18.0. The first-order chi connectivity index (χ1) is 17.1. The summed E-state index contributed by atoms with van der Waals surface area (Å²) in [6.45, 7) is 0. The van der Waals surface area contributed by atoms with Crippen LogP contribution >= 0.6 is 0 Å². The van der Waals surface area contributed by atoms with E-state index in [4.69, 9.17) is 0 Å². The van der Waals surface area contributed by atoms with E-state index in [1.165, 1.54) is 18.2 Å². The summed E-state index contributed by atoms with van der Waals surface area (Å²) in [5.41, 5.74) is -2.17. The quantitative estimate of drug-likeness (QED) is 0.250. The normalized spacial score (nSPS) is 12.0. The highest BCUT2D eigenvalue weighted by Gasteiger charge is 2.33. The SMILES string of the molecule is O=C(O)c1c(C(=O)O)c2c(C(=O)O)c3nc(cc4ccc(cc5nc(cc1n2C(=O)O)C=C5)[nH]4)C=C3. The van der Waals surface area contributed by atoms with Gasteiger partial charge in [-0.05, 0) is 54.6 Å². The van der Waals surface area contributed by atoms with Crippen molar-refractivity contribution >= 4 is 70.4 Å². The molecule has 3 aromatic rings. The van der Waals surface area contributed by atoms with E-state index in [0.717, 1.165) is 6.07 Å². The summed E-state index contributed by atoms with van der Waals surface area (Å²) in [7, 11) is 0. The highest BCUT2D eigenvalue weighted by Crippen LogP contribution is 2.31. The third-order valence-electron chi connectivity index (χ3n) is 5.50. The molecule has 0 aromatic carbocycles. The van der Waals surface area contributed by atoms with E-state index < -0.39 is 51.7 Å². The predicted octanol–water partition coefficient (Wildman–Crippen LogP) is 3.75. The summed E-state index contributed by atoms with van der Waals surface area (Å²) < 4.78 is 0.328. The Hall–Kier alpha value is -5.52. The Labute approximate surface area is 199 Å². The van der Waals surface area contributed by atoms with Gasteiger partial charge in [0.25, 0.3) is 0 Å². The topological polar surface area (TPSA) is 196 Å². The van der Waals surface area contributed by atoms with Crippen molar-refractivity contribution in [2.75, 3.05) is 0 Å². The molecule has 2 aliphatic rings. The number of carbonyl (C=O) groups is 4. The summed E-state index contributed by atoms with van der Waals surface area (Å²) >= 11 is 0. The molecule has 5 rings (SSSR count). The van der Waals surface area contributed by atoms with Crippen molar-refractivity contribution in [1.82, 2.24) is 19.5 Å². The van der Waals surface area contributed by atoms with Crippen molar-refractivity contribution in [1.29, 1.82) is 0 Å². The molecule has 12 heteroatoms. The van der Waals surface area contributed by atoms with Gasteiger partial charge in [-0.1, -0.05) is 0 Å². The average molecular weight is 486 g/mol. The van der Waals surface area contributed by atoms with E-state index >= 15 is 0 Å². The van der Waals surface area contributed by atoms with Crippen LogP contribution in [-0.2, 0) is 0 Å². The van der Waals surface area contributed by atoms with Gasteiger partial charge in [-0.3, -0.25) is 0 Å². The number of aromatic carboxylic acids is 3. The maximum atomic E-state index is 12.4. The number of hydrogen-bond donors (Lipinski definition) is 5. The molecule has 0 saturated heterocycles. The molecule has 8 bridgehead atoms. The van der Waals surface area contributed by atoms with Crippen LogP contribution in [0.3, 0.4) is 0 Å². The van der Waals surface area contributed by atoms with Gasteiger partial charge in [0.15, 0.2) is 0 Å². The zero-order valence-corrected chi connectivity index (χ0v) is 18.0. The number of aromatic amines is 1. The van der Waals surface area contributed by atoms with Crippen molar-refractivity contribution in [3.8, 4) is 0 Å². The van der Waals surface area contributed by atoms with Gasteiger partial charge in [-0.25, -0.2) is 33.7 Å². The van der Waals surface area contributed by atoms with Crippen LogP contribution in [0, 0.1) is 0 Å². The number of H-pyrrole nitrogens is 1. The lowest BCUT2D eigenvalue weighted by atomic mass is 10.1. The average Bonchev–Trinajstić information content (AvgIpc) is 3.56. The molecule has 0 amide bonds. The van der Waals surface area contributed by atoms with Gasteiger partial charge in [-0.15, -0.1) is 0 Å². The summed E-state index contributed by atoms with van der Waals surface area (Å²) in [6.07, 6.45) is 4.03. The Balaban J connectivity index is 2.14. The van der Waals surface area contributed by atoms with Gasteiger partial charge in [0.2, 0.25) is 0 Å². The smallest absolute Gasteiger partial charge is 0.416 e. The minimum absolute atomic E-state index is 0.128. The third-order valence-corrected chi connectivity index (χ3v) is 5.50. The van der Waals surface area contributed by atoms with Crippen LogP contribution < -0.4 is 0 Å². The maximum Gasteiger partial charge on any atom is 0.416 e. The summed E-state index contributed by atoms with van der Waals surface area (Å²) in [5.74, 6) is -5.28. The lowest BCUT2D eigenvalue weighted by Crippen LogP contribution is -2.13. The molecule has 36 heavy (non-hydrogen) atoms. The molecule has 0 atom stereocenters. The fourth-order valence-corrected chi connectivity index (χ4v) is 4.13. The zero-order chi connectivity index (χ0) is 25.7. The lowest BCUT2D eigenvalue weighted by molar-refractivity contribution is 0.0654. The van der Waals surface area contributed by atoms with Crippen LogP contribution in [0.2, 0.25) is 0 Å².